The van der Waals surface area contributed by atoms with Crippen molar-refractivity contribution < 1.29 is 19.1 Å². The maximum Gasteiger partial charge on any atom is 0.258 e. The number of nitrogens with zero attached hydrogens (tertiary/aromatic N) is 1. The average Bonchev–Trinajstić information content (AvgIpc) is 3.29. The summed E-state index contributed by atoms with van der Waals surface area (Å²) in [5, 5.41) is 5.76. The van der Waals surface area contributed by atoms with Gasteiger partial charge in [0.1, 0.15) is 5.75 Å². The molecule has 3 aromatic carbocycles. The van der Waals surface area contributed by atoms with E-state index < -0.39 is 0 Å². The van der Waals surface area contributed by atoms with Crippen molar-refractivity contribution in [2.45, 2.75) is 19.4 Å². The summed E-state index contributed by atoms with van der Waals surface area (Å²) in [6, 6.07) is 26.6. The Morgan fingerprint density at radius 3 is 2.20 bits per heavy atom. The van der Waals surface area contributed by atoms with Gasteiger partial charge in [-0.05, 0) is 41.8 Å². The van der Waals surface area contributed by atoms with Gasteiger partial charge >= 0.3 is 0 Å². The highest BCUT2D eigenvalue weighted by Crippen LogP contribution is 2.27. The molecule has 7 nitrogen and oxygen atoms in total. The molecule has 1 fully saturated rings. The third kappa shape index (κ3) is 6.93. The summed E-state index contributed by atoms with van der Waals surface area (Å²) in [6.07, 6.45) is 0.944. The van der Waals surface area contributed by atoms with E-state index in [1.165, 1.54) is 0 Å². The van der Waals surface area contributed by atoms with Gasteiger partial charge in [-0.3, -0.25) is 14.4 Å². The first kappa shape index (κ1) is 24.0. The highest BCUT2D eigenvalue weighted by Gasteiger charge is 2.34. The average molecular weight is 472 g/mol. The number of ether oxygens (including phenoxy) is 1. The molecule has 3 amide bonds. The summed E-state index contributed by atoms with van der Waals surface area (Å²) in [5.41, 5.74) is 2.88. The summed E-state index contributed by atoms with van der Waals surface area (Å²) in [5.74, 6) is -0.234. The number of benzene rings is 3. The van der Waals surface area contributed by atoms with E-state index >= 15 is 0 Å². The molecule has 35 heavy (non-hydrogen) atoms. The number of nitrogens with one attached hydrogen (secondary N) is 2. The molecule has 180 valence electrons. The molecule has 7 heteroatoms. The zero-order chi connectivity index (χ0) is 24.5. The molecular weight excluding hydrogens is 442 g/mol. The van der Waals surface area contributed by atoms with E-state index in [4.69, 9.17) is 4.74 Å². The molecule has 1 heterocycles. The molecule has 1 aliphatic rings. The fraction of sp³-hybridized carbons (Fsp3) is 0.250. The van der Waals surface area contributed by atoms with Crippen molar-refractivity contribution in [3.8, 4) is 5.75 Å². The predicted octanol–water partition coefficient (Wildman–Crippen LogP) is 3.09. The lowest BCUT2D eigenvalue weighted by molar-refractivity contribution is -0.126. The van der Waals surface area contributed by atoms with Crippen LogP contribution in [-0.4, -0.2) is 37.4 Å². The summed E-state index contributed by atoms with van der Waals surface area (Å²) in [4.78, 5) is 38.8. The quantitative estimate of drug-likeness (QED) is 0.476. The van der Waals surface area contributed by atoms with E-state index in [-0.39, 0.29) is 36.7 Å². The summed E-state index contributed by atoms with van der Waals surface area (Å²) in [7, 11) is 0. The Hall–Kier alpha value is -4.13. The monoisotopic (exact) mass is 471 g/mol. The van der Waals surface area contributed by atoms with Crippen molar-refractivity contribution in [2.75, 3.05) is 24.6 Å². The van der Waals surface area contributed by atoms with E-state index in [0.29, 0.717) is 31.1 Å². The third-order valence-electron chi connectivity index (χ3n) is 5.90. The lowest BCUT2D eigenvalue weighted by Gasteiger charge is -2.17. The molecule has 0 bridgehead atoms. The number of rotatable bonds is 10. The van der Waals surface area contributed by atoms with Crippen molar-refractivity contribution in [3.05, 3.63) is 96.1 Å². The second kappa shape index (κ2) is 11.8. The first-order chi connectivity index (χ1) is 17.1. The van der Waals surface area contributed by atoms with E-state index in [1.807, 2.05) is 60.7 Å². The Morgan fingerprint density at radius 1 is 0.857 bits per heavy atom. The van der Waals surface area contributed by atoms with Crippen LogP contribution in [0.5, 0.6) is 5.75 Å². The van der Waals surface area contributed by atoms with Crippen LogP contribution in [-0.2, 0) is 27.3 Å². The number of anilines is 1. The molecule has 0 aliphatic carbocycles. The molecule has 3 aromatic rings. The van der Waals surface area contributed by atoms with Crippen LogP contribution in [0.4, 0.5) is 5.69 Å². The zero-order valence-electron chi connectivity index (χ0n) is 19.5. The van der Waals surface area contributed by atoms with Gasteiger partial charge in [-0.1, -0.05) is 60.7 Å². The zero-order valence-corrected chi connectivity index (χ0v) is 19.5. The molecule has 1 aliphatic heterocycles. The largest absolute Gasteiger partial charge is 0.484 e. The molecule has 1 atom stereocenters. The third-order valence-corrected chi connectivity index (χ3v) is 5.90. The molecule has 0 aromatic heterocycles. The van der Waals surface area contributed by atoms with Crippen molar-refractivity contribution in [1.82, 2.24) is 10.6 Å². The topological polar surface area (TPSA) is 87.7 Å². The van der Waals surface area contributed by atoms with Gasteiger partial charge in [0.05, 0.1) is 5.92 Å². The Bertz CT molecular complexity index is 1130. The molecule has 4 rings (SSSR count). The van der Waals surface area contributed by atoms with Gasteiger partial charge in [0.15, 0.2) is 6.61 Å². The Labute approximate surface area is 205 Å². The van der Waals surface area contributed by atoms with Crippen LogP contribution >= 0.6 is 0 Å². The number of hydrogen-bond acceptors (Lipinski definition) is 4. The second-order valence-electron chi connectivity index (χ2n) is 8.48. The molecule has 0 spiro atoms. The second-order valence-corrected chi connectivity index (χ2v) is 8.48. The Morgan fingerprint density at radius 2 is 1.51 bits per heavy atom. The summed E-state index contributed by atoms with van der Waals surface area (Å²) in [6.45, 7) is 1.23. The van der Waals surface area contributed by atoms with Crippen LogP contribution in [0.25, 0.3) is 0 Å². The van der Waals surface area contributed by atoms with Crippen LogP contribution < -0.4 is 20.3 Å². The maximum absolute atomic E-state index is 12.6. The van der Waals surface area contributed by atoms with Crippen molar-refractivity contribution in [1.29, 1.82) is 0 Å². The minimum Gasteiger partial charge on any atom is -0.484 e. The number of hydrogen-bond donors (Lipinski definition) is 2. The number of carbonyl (C=O) groups excluding carboxylic acids is 3. The predicted molar refractivity (Wildman–Crippen MR) is 134 cm³/mol. The minimum atomic E-state index is -0.373. The van der Waals surface area contributed by atoms with Gasteiger partial charge in [-0.25, -0.2) is 0 Å². The molecule has 1 saturated heterocycles. The molecule has 0 radical (unpaired) electrons. The van der Waals surface area contributed by atoms with Crippen molar-refractivity contribution >= 4 is 23.4 Å². The molecule has 0 saturated carbocycles. The molecule has 0 unspecified atom stereocenters. The van der Waals surface area contributed by atoms with Crippen LogP contribution in [0.2, 0.25) is 0 Å². The maximum atomic E-state index is 12.6. The van der Waals surface area contributed by atoms with Gasteiger partial charge in [-0.2, -0.15) is 0 Å². The number of amides is 3. The fourth-order valence-corrected chi connectivity index (χ4v) is 3.97. The van der Waals surface area contributed by atoms with Crippen molar-refractivity contribution in [2.24, 2.45) is 5.92 Å². The minimum absolute atomic E-state index is 0.0813. The normalized spacial score (nSPS) is 15.0. The van der Waals surface area contributed by atoms with Gasteiger partial charge in [0.2, 0.25) is 11.8 Å². The fourth-order valence-electron chi connectivity index (χ4n) is 3.97. The van der Waals surface area contributed by atoms with E-state index in [2.05, 4.69) is 10.6 Å². The lowest BCUT2D eigenvalue weighted by atomic mass is 10.1. The smallest absolute Gasteiger partial charge is 0.258 e. The first-order valence-electron chi connectivity index (χ1n) is 11.7. The van der Waals surface area contributed by atoms with E-state index in [1.54, 1.807) is 29.2 Å². The standard InChI is InChI=1S/C28H29N3O4/c32-26(30-18-22-9-5-2-6-10-22)20-35-25-13-11-24(12-14-25)31-19-23(17-27(31)33)28(34)29-16-15-21-7-3-1-4-8-21/h1-14,23H,15-20H2,(H,29,34)(H,30,32)/t23-/m1/s1. The van der Waals surface area contributed by atoms with Gasteiger partial charge in [-0.15, -0.1) is 0 Å². The van der Waals surface area contributed by atoms with E-state index in [9.17, 15) is 14.4 Å². The Kier molecular flexibility index (Phi) is 8.12. The SMILES string of the molecule is O=C(COc1ccc(N2C[C@H](C(=O)NCCc3ccccc3)CC2=O)cc1)NCc1ccccc1. The van der Waals surface area contributed by atoms with Gasteiger partial charge < -0.3 is 20.3 Å². The van der Waals surface area contributed by atoms with Crippen LogP contribution in [0.15, 0.2) is 84.9 Å². The highest BCUT2D eigenvalue weighted by molar-refractivity contribution is 6.00. The molecular formula is C28H29N3O4. The van der Waals surface area contributed by atoms with Crippen LogP contribution in [0, 0.1) is 5.92 Å². The molecule has 2 N–H and O–H groups in total. The van der Waals surface area contributed by atoms with Crippen molar-refractivity contribution in [3.63, 3.8) is 0 Å². The summed E-state index contributed by atoms with van der Waals surface area (Å²) >= 11 is 0. The lowest BCUT2D eigenvalue weighted by Crippen LogP contribution is -2.34. The first-order valence-corrected chi connectivity index (χ1v) is 11.7. The van der Waals surface area contributed by atoms with Gasteiger partial charge in [0, 0.05) is 31.7 Å². The summed E-state index contributed by atoms with van der Waals surface area (Å²) < 4.78 is 5.56. The van der Waals surface area contributed by atoms with Gasteiger partial charge in [0.25, 0.3) is 5.91 Å². The van der Waals surface area contributed by atoms with Crippen LogP contribution in [0.1, 0.15) is 17.5 Å². The van der Waals surface area contributed by atoms with E-state index in [0.717, 1.165) is 17.5 Å². The van der Waals surface area contributed by atoms with Crippen LogP contribution in [0.3, 0.4) is 0 Å². The Balaban J connectivity index is 1.21. The highest BCUT2D eigenvalue weighted by atomic mass is 16.5. The number of carbonyl (C=O) groups is 3.